The van der Waals surface area contributed by atoms with Gasteiger partial charge in [0.2, 0.25) is 11.9 Å². The monoisotopic (exact) mass is 477 g/mol. The van der Waals surface area contributed by atoms with E-state index in [0.717, 1.165) is 26.5 Å². The zero-order valence-electron chi connectivity index (χ0n) is 16.9. The Morgan fingerprint density at radius 3 is 2.41 bits per heavy atom. The van der Waals surface area contributed by atoms with Crippen LogP contribution in [0.5, 0.6) is 0 Å². The van der Waals surface area contributed by atoms with Crippen LogP contribution in [-0.4, -0.2) is 60.0 Å². The predicted octanol–water partition coefficient (Wildman–Crippen LogP) is 3.51. The quantitative estimate of drug-likeness (QED) is 0.564. The highest BCUT2D eigenvalue weighted by molar-refractivity contribution is 9.10. The van der Waals surface area contributed by atoms with Gasteiger partial charge >= 0.3 is 0 Å². The Kier molecular flexibility index (Phi) is 6.59. The molecule has 2 amide bonds. The number of imidazole rings is 1. The minimum absolute atomic E-state index is 0.00821. The fourth-order valence-corrected chi connectivity index (χ4v) is 4.32. The van der Waals surface area contributed by atoms with Crippen molar-refractivity contribution in [1.29, 1.82) is 0 Å². The van der Waals surface area contributed by atoms with Crippen molar-refractivity contribution in [3.63, 3.8) is 0 Å². The molecule has 0 fully saturated rings. The SMILES string of the molecule is CCN(CC)C(=O)CNC(=O)c1cc2nc(N(C)C)n(-c3ccc(Br)cc3)c2s1. The minimum atomic E-state index is -0.262. The summed E-state index contributed by atoms with van der Waals surface area (Å²) in [6, 6.07) is 9.72. The molecule has 1 N–H and O–H groups in total. The molecule has 3 aromatic rings. The van der Waals surface area contributed by atoms with Crippen molar-refractivity contribution in [3.05, 3.63) is 39.7 Å². The van der Waals surface area contributed by atoms with E-state index >= 15 is 0 Å². The maximum atomic E-state index is 12.6. The first kappa shape index (κ1) is 21.3. The summed E-state index contributed by atoms with van der Waals surface area (Å²) in [6.07, 6.45) is 0. The lowest BCUT2D eigenvalue weighted by Crippen LogP contribution is -2.39. The highest BCUT2D eigenvalue weighted by atomic mass is 79.9. The Balaban J connectivity index is 1.89. The molecule has 1 aromatic carbocycles. The van der Waals surface area contributed by atoms with Crippen LogP contribution in [0.1, 0.15) is 23.5 Å². The predicted molar refractivity (Wildman–Crippen MR) is 121 cm³/mol. The number of carbonyl (C=O) groups is 2. The lowest BCUT2D eigenvalue weighted by Gasteiger charge is -2.18. The second-order valence-corrected chi connectivity index (χ2v) is 8.61. The average Bonchev–Trinajstić information content (AvgIpc) is 3.26. The topological polar surface area (TPSA) is 70.5 Å². The van der Waals surface area contributed by atoms with Gasteiger partial charge in [0.15, 0.2) is 0 Å². The summed E-state index contributed by atoms with van der Waals surface area (Å²) in [7, 11) is 3.88. The first-order valence-electron chi connectivity index (χ1n) is 9.37. The summed E-state index contributed by atoms with van der Waals surface area (Å²) in [5.74, 6) is 0.441. The fraction of sp³-hybridized carbons (Fsp3) is 0.350. The standard InChI is InChI=1S/C20H24BrN5O2S/c1-5-25(6-2)17(27)12-22-18(28)16-11-15-19(29-16)26(20(23-15)24(3)4)14-9-7-13(21)8-10-14/h7-11H,5-6,12H2,1-4H3,(H,22,28). The Labute approximate surface area is 182 Å². The van der Waals surface area contributed by atoms with Crippen molar-refractivity contribution < 1.29 is 9.59 Å². The first-order chi connectivity index (χ1) is 13.8. The summed E-state index contributed by atoms with van der Waals surface area (Å²) >= 11 is 4.83. The van der Waals surface area contributed by atoms with E-state index in [1.54, 1.807) is 11.0 Å². The van der Waals surface area contributed by atoms with Crippen molar-refractivity contribution in [2.45, 2.75) is 13.8 Å². The molecule has 0 aliphatic heterocycles. The van der Waals surface area contributed by atoms with E-state index in [9.17, 15) is 9.59 Å². The lowest BCUT2D eigenvalue weighted by atomic mass is 10.3. The van der Waals surface area contributed by atoms with Gasteiger partial charge in [-0.25, -0.2) is 4.98 Å². The van der Waals surface area contributed by atoms with Crippen molar-refractivity contribution >= 4 is 55.4 Å². The molecule has 7 nitrogen and oxygen atoms in total. The number of rotatable bonds is 7. The summed E-state index contributed by atoms with van der Waals surface area (Å²) in [5.41, 5.74) is 1.71. The van der Waals surface area contributed by atoms with Crippen LogP contribution in [0.25, 0.3) is 16.0 Å². The number of halogens is 1. The fourth-order valence-electron chi connectivity index (χ4n) is 3.03. The number of benzene rings is 1. The second kappa shape index (κ2) is 8.96. The van der Waals surface area contributed by atoms with Crippen molar-refractivity contribution in [2.24, 2.45) is 0 Å². The summed E-state index contributed by atoms with van der Waals surface area (Å²) in [6.45, 7) is 5.09. The highest BCUT2D eigenvalue weighted by Crippen LogP contribution is 2.33. The van der Waals surface area contributed by atoms with Gasteiger partial charge in [0.1, 0.15) is 10.3 Å². The average molecular weight is 478 g/mol. The van der Waals surface area contributed by atoms with Gasteiger partial charge < -0.3 is 15.1 Å². The third-order valence-electron chi connectivity index (χ3n) is 4.54. The van der Waals surface area contributed by atoms with Crippen LogP contribution in [0.15, 0.2) is 34.8 Å². The number of hydrogen-bond acceptors (Lipinski definition) is 5. The summed E-state index contributed by atoms with van der Waals surface area (Å²) in [5, 5.41) is 2.73. The maximum absolute atomic E-state index is 12.6. The molecule has 0 aliphatic rings. The number of nitrogens with zero attached hydrogens (tertiary/aromatic N) is 4. The van der Waals surface area contributed by atoms with E-state index < -0.39 is 0 Å². The van der Waals surface area contributed by atoms with Gasteiger partial charge in [0.05, 0.1) is 11.4 Å². The minimum Gasteiger partial charge on any atom is -0.348 e. The molecule has 0 unspecified atom stereocenters. The van der Waals surface area contributed by atoms with Crippen LogP contribution in [-0.2, 0) is 4.79 Å². The number of nitrogens with one attached hydrogen (secondary N) is 1. The zero-order chi connectivity index (χ0) is 21.1. The third kappa shape index (κ3) is 4.45. The first-order valence-corrected chi connectivity index (χ1v) is 11.0. The maximum Gasteiger partial charge on any atom is 0.261 e. The molecule has 0 saturated heterocycles. The van der Waals surface area contributed by atoms with Crippen LogP contribution in [0.4, 0.5) is 5.95 Å². The van der Waals surface area contributed by atoms with Gasteiger partial charge in [-0.2, -0.15) is 0 Å². The molecule has 0 atom stereocenters. The van der Waals surface area contributed by atoms with E-state index in [-0.39, 0.29) is 18.4 Å². The number of thiophene rings is 1. The number of amides is 2. The number of carbonyl (C=O) groups excluding carboxylic acids is 2. The van der Waals surface area contributed by atoms with E-state index in [2.05, 4.69) is 21.2 Å². The Bertz CT molecular complexity index is 1020. The van der Waals surface area contributed by atoms with E-state index in [0.29, 0.717) is 18.0 Å². The second-order valence-electron chi connectivity index (χ2n) is 6.67. The van der Waals surface area contributed by atoms with Crippen LogP contribution in [0.2, 0.25) is 0 Å². The molecular weight excluding hydrogens is 454 g/mol. The van der Waals surface area contributed by atoms with E-state index in [1.165, 1.54) is 11.3 Å². The molecule has 154 valence electrons. The third-order valence-corrected chi connectivity index (χ3v) is 6.18. The van der Waals surface area contributed by atoms with Gasteiger partial charge in [0.25, 0.3) is 5.91 Å². The van der Waals surface area contributed by atoms with Gasteiger partial charge in [-0.15, -0.1) is 11.3 Å². The van der Waals surface area contributed by atoms with Crippen molar-refractivity contribution in [1.82, 2.24) is 19.8 Å². The van der Waals surface area contributed by atoms with E-state index in [4.69, 9.17) is 4.98 Å². The molecule has 0 spiro atoms. The van der Waals surface area contributed by atoms with Crippen LogP contribution < -0.4 is 10.2 Å². The van der Waals surface area contributed by atoms with Crippen LogP contribution in [0.3, 0.4) is 0 Å². The van der Waals surface area contributed by atoms with Crippen molar-refractivity contribution in [3.8, 4) is 5.69 Å². The molecule has 29 heavy (non-hydrogen) atoms. The Morgan fingerprint density at radius 2 is 1.83 bits per heavy atom. The van der Waals surface area contributed by atoms with Gasteiger partial charge in [-0.05, 0) is 44.2 Å². The molecule has 0 aliphatic carbocycles. The number of aromatic nitrogens is 2. The number of likely N-dealkylation sites (N-methyl/N-ethyl adjacent to an activating group) is 1. The molecule has 9 heteroatoms. The molecule has 0 saturated carbocycles. The van der Waals surface area contributed by atoms with Crippen molar-refractivity contribution in [2.75, 3.05) is 38.6 Å². The summed E-state index contributed by atoms with van der Waals surface area (Å²) < 4.78 is 3.03. The van der Waals surface area contributed by atoms with Gasteiger partial charge in [0, 0.05) is 37.3 Å². The lowest BCUT2D eigenvalue weighted by molar-refractivity contribution is -0.129. The molecule has 2 aromatic heterocycles. The Morgan fingerprint density at radius 1 is 1.17 bits per heavy atom. The molecular formula is C20H24BrN5O2S. The Hall–Kier alpha value is -2.39. The molecule has 3 rings (SSSR count). The normalized spacial score (nSPS) is 10.9. The number of fused-ring (bicyclic) bond motifs is 1. The largest absolute Gasteiger partial charge is 0.348 e. The smallest absolute Gasteiger partial charge is 0.261 e. The number of anilines is 1. The van der Waals surface area contributed by atoms with Gasteiger partial charge in [-0.1, -0.05) is 15.9 Å². The van der Waals surface area contributed by atoms with Gasteiger partial charge in [-0.3, -0.25) is 14.2 Å². The zero-order valence-corrected chi connectivity index (χ0v) is 19.3. The van der Waals surface area contributed by atoms with Crippen LogP contribution in [0, 0.1) is 0 Å². The summed E-state index contributed by atoms with van der Waals surface area (Å²) in [4.78, 5) is 34.5. The molecule has 0 bridgehead atoms. The van der Waals surface area contributed by atoms with Crippen LogP contribution >= 0.6 is 27.3 Å². The number of hydrogen-bond donors (Lipinski definition) is 1. The molecule has 0 radical (unpaired) electrons. The highest BCUT2D eigenvalue weighted by Gasteiger charge is 2.20. The van der Waals surface area contributed by atoms with E-state index in [1.807, 2.05) is 61.7 Å². The molecule has 2 heterocycles.